The third kappa shape index (κ3) is 5.56. The number of methoxy groups -OCH3 is 2. The van der Waals surface area contributed by atoms with Gasteiger partial charge in [0, 0.05) is 12.1 Å². The largest absolute Gasteiger partial charge is 0.465 e. The number of ether oxygens (including phenoxy) is 2. The standard InChI is InChI=1S/C18H24N2O5/c1-24-17(22)13-9-14(18(23)25-2)11-15(10-13)20-16(21)4-3-12-5-7-19-8-6-12/h9-12,19H,3-8H2,1-2H3,(H,20,21). The van der Waals surface area contributed by atoms with Crippen LogP contribution in [0.5, 0.6) is 0 Å². The van der Waals surface area contributed by atoms with Gasteiger partial charge in [0.2, 0.25) is 5.91 Å². The highest BCUT2D eigenvalue weighted by molar-refractivity contribution is 5.99. The van der Waals surface area contributed by atoms with Gasteiger partial charge in [-0.3, -0.25) is 4.79 Å². The molecular weight excluding hydrogens is 324 g/mol. The number of benzene rings is 1. The van der Waals surface area contributed by atoms with Crippen molar-refractivity contribution in [3.63, 3.8) is 0 Å². The zero-order valence-corrected chi connectivity index (χ0v) is 14.6. The second-order valence-electron chi connectivity index (χ2n) is 6.06. The van der Waals surface area contributed by atoms with E-state index in [-0.39, 0.29) is 17.0 Å². The minimum atomic E-state index is -0.587. The molecular formula is C18H24N2O5. The van der Waals surface area contributed by atoms with Gasteiger partial charge in [0.05, 0.1) is 25.3 Å². The van der Waals surface area contributed by atoms with E-state index in [4.69, 9.17) is 0 Å². The lowest BCUT2D eigenvalue weighted by molar-refractivity contribution is -0.116. The normalized spacial score (nSPS) is 14.6. The Balaban J connectivity index is 2.04. The molecule has 7 nitrogen and oxygen atoms in total. The molecule has 136 valence electrons. The predicted octanol–water partition coefficient (Wildman–Crippen LogP) is 1.98. The molecule has 0 saturated carbocycles. The highest BCUT2D eigenvalue weighted by Crippen LogP contribution is 2.20. The van der Waals surface area contributed by atoms with E-state index in [1.54, 1.807) is 0 Å². The van der Waals surface area contributed by atoms with Crippen LogP contribution in [0.15, 0.2) is 18.2 Å². The summed E-state index contributed by atoms with van der Waals surface area (Å²) in [4.78, 5) is 35.7. The minimum absolute atomic E-state index is 0.142. The summed E-state index contributed by atoms with van der Waals surface area (Å²) in [5.41, 5.74) is 0.733. The SMILES string of the molecule is COC(=O)c1cc(NC(=O)CCC2CCNCC2)cc(C(=O)OC)c1. The van der Waals surface area contributed by atoms with Crippen molar-refractivity contribution in [2.24, 2.45) is 5.92 Å². The van der Waals surface area contributed by atoms with Crippen LogP contribution in [0.4, 0.5) is 5.69 Å². The maximum Gasteiger partial charge on any atom is 0.337 e. The summed E-state index contributed by atoms with van der Waals surface area (Å²) >= 11 is 0. The number of nitrogens with one attached hydrogen (secondary N) is 2. The molecule has 0 aromatic heterocycles. The third-order valence-electron chi connectivity index (χ3n) is 4.30. The van der Waals surface area contributed by atoms with Crippen molar-refractivity contribution < 1.29 is 23.9 Å². The summed E-state index contributed by atoms with van der Waals surface area (Å²) in [6.07, 6.45) is 3.39. The van der Waals surface area contributed by atoms with E-state index in [9.17, 15) is 14.4 Å². The molecule has 1 aliphatic heterocycles. The number of hydrogen-bond acceptors (Lipinski definition) is 6. The van der Waals surface area contributed by atoms with Crippen LogP contribution in [0.25, 0.3) is 0 Å². The van der Waals surface area contributed by atoms with Gasteiger partial charge in [-0.05, 0) is 56.5 Å². The van der Waals surface area contributed by atoms with E-state index in [1.165, 1.54) is 32.4 Å². The van der Waals surface area contributed by atoms with Crippen LogP contribution in [0.3, 0.4) is 0 Å². The first-order valence-corrected chi connectivity index (χ1v) is 8.35. The second kappa shape index (κ2) is 9.17. The number of esters is 2. The molecule has 1 saturated heterocycles. The first kappa shape index (κ1) is 18.9. The van der Waals surface area contributed by atoms with Gasteiger partial charge >= 0.3 is 11.9 Å². The molecule has 1 aromatic rings. The van der Waals surface area contributed by atoms with Gasteiger partial charge in [0.25, 0.3) is 0 Å². The molecule has 2 rings (SSSR count). The molecule has 1 heterocycles. The van der Waals surface area contributed by atoms with Crippen molar-refractivity contribution in [3.05, 3.63) is 29.3 Å². The summed E-state index contributed by atoms with van der Waals surface area (Å²) in [5.74, 6) is -0.762. The number of hydrogen-bond donors (Lipinski definition) is 2. The smallest absolute Gasteiger partial charge is 0.337 e. The van der Waals surface area contributed by atoms with Gasteiger partial charge in [-0.25, -0.2) is 9.59 Å². The van der Waals surface area contributed by atoms with Crippen molar-refractivity contribution in [3.8, 4) is 0 Å². The summed E-state index contributed by atoms with van der Waals surface area (Å²) in [6, 6.07) is 4.35. The van der Waals surface area contributed by atoms with Crippen molar-refractivity contribution >= 4 is 23.5 Å². The number of amides is 1. The number of carbonyl (C=O) groups is 3. The van der Waals surface area contributed by atoms with Crippen LogP contribution in [-0.2, 0) is 14.3 Å². The molecule has 7 heteroatoms. The number of piperidine rings is 1. The summed E-state index contributed by atoms with van der Waals surface area (Å²) in [7, 11) is 2.51. The topological polar surface area (TPSA) is 93.7 Å². The predicted molar refractivity (Wildman–Crippen MR) is 92.6 cm³/mol. The van der Waals surface area contributed by atoms with Crippen LogP contribution in [0.2, 0.25) is 0 Å². The lowest BCUT2D eigenvalue weighted by Crippen LogP contribution is -2.28. The van der Waals surface area contributed by atoms with E-state index < -0.39 is 11.9 Å². The zero-order chi connectivity index (χ0) is 18.2. The molecule has 0 aliphatic carbocycles. The highest BCUT2D eigenvalue weighted by atomic mass is 16.5. The Kier molecular flexibility index (Phi) is 6.94. The van der Waals surface area contributed by atoms with Crippen molar-refractivity contribution in [2.75, 3.05) is 32.6 Å². The Bertz CT molecular complexity index is 604. The highest BCUT2D eigenvalue weighted by Gasteiger charge is 2.17. The molecule has 0 spiro atoms. The minimum Gasteiger partial charge on any atom is -0.465 e. The monoisotopic (exact) mass is 348 g/mol. The maximum atomic E-state index is 12.2. The van der Waals surface area contributed by atoms with E-state index in [0.29, 0.717) is 18.0 Å². The fraction of sp³-hybridized carbons (Fsp3) is 0.500. The van der Waals surface area contributed by atoms with Gasteiger partial charge < -0.3 is 20.1 Å². The first-order valence-electron chi connectivity index (χ1n) is 8.35. The molecule has 0 radical (unpaired) electrons. The fourth-order valence-electron chi connectivity index (χ4n) is 2.90. The quantitative estimate of drug-likeness (QED) is 0.764. The van der Waals surface area contributed by atoms with E-state index in [2.05, 4.69) is 20.1 Å². The van der Waals surface area contributed by atoms with Gasteiger partial charge in [-0.15, -0.1) is 0 Å². The molecule has 1 fully saturated rings. The number of anilines is 1. The van der Waals surface area contributed by atoms with E-state index in [0.717, 1.165) is 32.4 Å². The lowest BCUT2D eigenvalue weighted by Gasteiger charge is -2.22. The van der Waals surface area contributed by atoms with Crippen molar-refractivity contribution in [2.45, 2.75) is 25.7 Å². The van der Waals surface area contributed by atoms with Crippen LogP contribution >= 0.6 is 0 Å². The second-order valence-corrected chi connectivity index (χ2v) is 6.06. The molecule has 2 N–H and O–H groups in total. The molecule has 0 unspecified atom stereocenters. The molecule has 25 heavy (non-hydrogen) atoms. The van der Waals surface area contributed by atoms with Crippen LogP contribution < -0.4 is 10.6 Å². The Hall–Kier alpha value is -2.41. The Morgan fingerprint density at radius 1 is 1.04 bits per heavy atom. The Labute approximate surface area is 147 Å². The summed E-state index contributed by atoms with van der Waals surface area (Å²) in [6.45, 7) is 1.99. The van der Waals surface area contributed by atoms with Crippen LogP contribution in [0, 0.1) is 5.92 Å². The van der Waals surface area contributed by atoms with Crippen molar-refractivity contribution in [1.82, 2.24) is 5.32 Å². The summed E-state index contributed by atoms with van der Waals surface area (Å²) < 4.78 is 9.36. The van der Waals surface area contributed by atoms with Crippen LogP contribution in [0.1, 0.15) is 46.4 Å². The molecule has 1 aliphatic rings. The van der Waals surface area contributed by atoms with Gasteiger partial charge in [0.15, 0.2) is 0 Å². The third-order valence-corrected chi connectivity index (χ3v) is 4.30. The van der Waals surface area contributed by atoms with E-state index in [1.807, 2.05) is 0 Å². The van der Waals surface area contributed by atoms with Gasteiger partial charge in [0.1, 0.15) is 0 Å². The van der Waals surface area contributed by atoms with E-state index >= 15 is 0 Å². The van der Waals surface area contributed by atoms with Gasteiger partial charge in [-0.1, -0.05) is 0 Å². The lowest BCUT2D eigenvalue weighted by atomic mass is 9.93. The average Bonchev–Trinajstić information content (AvgIpc) is 2.65. The molecule has 1 amide bonds. The molecule has 1 aromatic carbocycles. The van der Waals surface area contributed by atoms with Crippen molar-refractivity contribution in [1.29, 1.82) is 0 Å². The Morgan fingerprint density at radius 3 is 2.12 bits per heavy atom. The summed E-state index contributed by atoms with van der Waals surface area (Å²) in [5, 5.41) is 6.05. The van der Waals surface area contributed by atoms with Crippen LogP contribution in [-0.4, -0.2) is 45.2 Å². The Morgan fingerprint density at radius 2 is 1.60 bits per heavy atom. The molecule has 0 bridgehead atoms. The fourth-order valence-corrected chi connectivity index (χ4v) is 2.90. The molecule has 0 atom stereocenters. The zero-order valence-electron chi connectivity index (χ0n) is 14.6. The first-order chi connectivity index (χ1) is 12.0. The average molecular weight is 348 g/mol. The number of carbonyl (C=O) groups excluding carboxylic acids is 3. The maximum absolute atomic E-state index is 12.2. The number of rotatable bonds is 6. The van der Waals surface area contributed by atoms with Gasteiger partial charge in [-0.2, -0.15) is 0 Å².